The molecule has 1 aromatic rings. The zero-order valence-corrected chi connectivity index (χ0v) is 11.0. The van der Waals surface area contributed by atoms with Crippen molar-refractivity contribution in [2.24, 2.45) is 0 Å². The fraction of sp³-hybridized carbons (Fsp3) is 0. The fourth-order valence-electron chi connectivity index (χ4n) is 0.761. The SMILES string of the molecule is O=C([O-])c1ccccc1I(=O)=O.[Na+]. The van der Waals surface area contributed by atoms with Crippen molar-refractivity contribution in [1.82, 2.24) is 0 Å². The van der Waals surface area contributed by atoms with Gasteiger partial charge in [-0.3, -0.25) is 0 Å². The maximum absolute atomic E-state index is 10.6. The normalized spacial score (nSPS) is 9.31. The van der Waals surface area contributed by atoms with Crippen LogP contribution >= 0.6 is 19.8 Å². The van der Waals surface area contributed by atoms with Gasteiger partial charge in [0.2, 0.25) is 0 Å². The molecule has 4 nitrogen and oxygen atoms in total. The molecule has 13 heavy (non-hydrogen) atoms. The van der Waals surface area contributed by atoms with Crippen LogP contribution in [0.15, 0.2) is 24.3 Å². The molecule has 0 amide bonds. The van der Waals surface area contributed by atoms with E-state index in [9.17, 15) is 16.0 Å². The predicted molar refractivity (Wildman–Crippen MR) is 44.9 cm³/mol. The quantitative estimate of drug-likeness (QED) is 0.444. The summed E-state index contributed by atoms with van der Waals surface area (Å²) in [5.41, 5.74) is -0.257. The third-order valence-electron chi connectivity index (χ3n) is 1.26. The molecule has 0 radical (unpaired) electrons. The van der Waals surface area contributed by atoms with Gasteiger partial charge in [0, 0.05) is 5.56 Å². The monoisotopic (exact) mass is 302 g/mol. The van der Waals surface area contributed by atoms with Crippen LogP contribution in [0.2, 0.25) is 0 Å². The van der Waals surface area contributed by atoms with Crippen LogP contribution in [0.3, 0.4) is 0 Å². The molecule has 0 bridgehead atoms. The molecule has 1 rings (SSSR count). The summed E-state index contributed by atoms with van der Waals surface area (Å²) in [7, 11) is 0. The molecule has 0 heterocycles. The Morgan fingerprint density at radius 3 is 2.15 bits per heavy atom. The number of carbonyl (C=O) groups is 1. The number of halogens is 1. The number of carboxylic acids is 1. The molecule has 6 heteroatoms. The Bertz CT molecular complexity index is 378. The van der Waals surface area contributed by atoms with Gasteiger partial charge in [0.15, 0.2) is 0 Å². The first-order chi connectivity index (χ1) is 5.63. The maximum Gasteiger partial charge on any atom is 1.00 e. The van der Waals surface area contributed by atoms with Crippen LogP contribution in [0.1, 0.15) is 10.4 Å². The number of carboxylic acid groups (broad SMARTS) is 1. The summed E-state index contributed by atoms with van der Waals surface area (Å²) in [6.07, 6.45) is 0. The minimum absolute atomic E-state index is 0. The Kier molecular flexibility index (Phi) is 5.70. The largest absolute Gasteiger partial charge is 1.00 e. The number of benzene rings is 1. The van der Waals surface area contributed by atoms with Gasteiger partial charge in [-0.1, -0.05) is 18.2 Å². The van der Waals surface area contributed by atoms with E-state index in [2.05, 4.69) is 0 Å². The fourth-order valence-corrected chi connectivity index (χ4v) is 2.14. The summed E-state index contributed by atoms with van der Waals surface area (Å²) in [4.78, 5) is 10.4. The second-order valence-electron chi connectivity index (χ2n) is 1.98. The van der Waals surface area contributed by atoms with E-state index in [-0.39, 0.29) is 38.7 Å². The van der Waals surface area contributed by atoms with Crippen LogP contribution in [0, 0.1) is 3.57 Å². The van der Waals surface area contributed by atoms with Crippen molar-refractivity contribution in [1.29, 1.82) is 0 Å². The second-order valence-corrected chi connectivity index (χ2v) is 4.39. The van der Waals surface area contributed by atoms with Crippen molar-refractivity contribution in [3.8, 4) is 0 Å². The van der Waals surface area contributed by atoms with Crippen LogP contribution in [0.4, 0.5) is 0 Å². The van der Waals surface area contributed by atoms with Crippen molar-refractivity contribution in [2.75, 3.05) is 0 Å². The Morgan fingerprint density at radius 1 is 1.23 bits per heavy atom. The summed E-state index contributed by atoms with van der Waals surface area (Å²) in [5.74, 6) is -1.46. The first-order valence-electron chi connectivity index (χ1n) is 2.98. The Balaban J connectivity index is 0.00000144. The topological polar surface area (TPSA) is 74.3 Å². The number of hydrogen-bond donors (Lipinski definition) is 0. The van der Waals surface area contributed by atoms with Crippen LogP contribution in [0.5, 0.6) is 0 Å². The molecule has 0 atom stereocenters. The molecule has 0 fully saturated rings. The Morgan fingerprint density at radius 2 is 1.77 bits per heavy atom. The van der Waals surface area contributed by atoms with Gasteiger partial charge >= 0.3 is 49.4 Å². The molecule has 0 saturated heterocycles. The van der Waals surface area contributed by atoms with Gasteiger partial charge in [-0.25, -0.2) is 6.14 Å². The van der Waals surface area contributed by atoms with Crippen LogP contribution in [-0.4, -0.2) is 5.97 Å². The Labute approximate surface area is 104 Å². The van der Waals surface area contributed by atoms with Crippen molar-refractivity contribution in [3.05, 3.63) is 33.4 Å². The summed E-state index contributed by atoms with van der Waals surface area (Å²) < 4.78 is 21.0. The molecule has 0 aliphatic rings. The number of aromatic carboxylic acids is 1. The summed E-state index contributed by atoms with van der Waals surface area (Å²) >= 11 is -3.71. The van der Waals surface area contributed by atoms with Crippen molar-refractivity contribution in [3.63, 3.8) is 0 Å². The van der Waals surface area contributed by atoms with Gasteiger partial charge in [-0.05, 0) is 6.07 Å². The molecule has 0 saturated carbocycles. The van der Waals surface area contributed by atoms with Gasteiger partial charge in [0.05, 0.1) is 9.54 Å². The average Bonchev–Trinajstić information content (AvgIpc) is 2.04. The molecule has 0 aromatic heterocycles. The molecule has 0 aliphatic heterocycles. The molecule has 64 valence electrons. The maximum atomic E-state index is 10.6. The third-order valence-corrected chi connectivity index (χ3v) is 3.15. The molecule has 0 aliphatic carbocycles. The van der Waals surface area contributed by atoms with Gasteiger partial charge in [-0.15, -0.1) is 0 Å². The van der Waals surface area contributed by atoms with Crippen LogP contribution < -0.4 is 34.7 Å². The van der Waals surface area contributed by atoms with E-state index in [0.717, 1.165) is 0 Å². The van der Waals surface area contributed by atoms with Gasteiger partial charge in [0.1, 0.15) is 0 Å². The minimum Gasteiger partial charge on any atom is -0.545 e. The average molecular weight is 302 g/mol. The zero-order valence-electron chi connectivity index (χ0n) is 6.82. The molecule has 0 N–H and O–H groups in total. The standard InChI is InChI=1S/C7H5IO4.Na/c9-7(10)5-3-1-2-4-6(5)8(11)12;/h1-4H,(H,9,10);/q;+1/p-1. The third kappa shape index (κ3) is 3.34. The van der Waals surface area contributed by atoms with E-state index in [0.29, 0.717) is 0 Å². The molecule has 0 unspecified atom stereocenters. The first-order valence-corrected chi connectivity index (χ1v) is 5.82. The molecule has 1 aromatic carbocycles. The Hall–Kier alpha value is 0.0200. The summed E-state index contributed by atoms with van der Waals surface area (Å²) in [6.45, 7) is 0. The number of rotatable bonds is 2. The van der Waals surface area contributed by atoms with E-state index in [1.165, 1.54) is 24.3 Å². The van der Waals surface area contributed by atoms with E-state index in [1.54, 1.807) is 0 Å². The number of hydrogen-bond acceptors (Lipinski definition) is 4. The van der Waals surface area contributed by atoms with Gasteiger partial charge in [0.25, 0.3) is 0 Å². The minimum atomic E-state index is -3.71. The van der Waals surface area contributed by atoms with Crippen molar-refractivity contribution < 1.29 is 45.6 Å². The van der Waals surface area contributed by atoms with Crippen molar-refractivity contribution in [2.45, 2.75) is 0 Å². The molecule has 0 spiro atoms. The van der Waals surface area contributed by atoms with E-state index in [1.807, 2.05) is 0 Å². The van der Waals surface area contributed by atoms with Crippen LogP contribution in [-0.2, 0) is 6.14 Å². The molecular formula is C7H4INaO4. The molecular weight excluding hydrogens is 298 g/mol. The van der Waals surface area contributed by atoms with Gasteiger partial charge in [-0.2, -0.15) is 0 Å². The van der Waals surface area contributed by atoms with E-state index in [4.69, 9.17) is 0 Å². The van der Waals surface area contributed by atoms with E-state index >= 15 is 0 Å². The summed E-state index contributed by atoms with van der Waals surface area (Å²) in [6, 6.07) is 5.40. The first kappa shape index (κ1) is 13.0. The van der Waals surface area contributed by atoms with Crippen molar-refractivity contribution >= 4 is 25.8 Å². The van der Waals surface area contributed by atoms with E-state index < -0.39 is 25.8 Å². The zero-order chi connectivity index (χ0) is 9.14. The van der Waals surface area contributed by atoms with Gasteiger partial charge < -0.3 is 9.90 Å². The summed E-state index contributed by atoms with van der Waals surface area (Å²) in [5, 5.41) is 10.4. The smallest absolute Gasteiger partial charge is 0.545 e. The second kappa shape index (κ2) is 5.69. The predicted octanol–water partition coefficient (Wildman–Crippen LogP) is -2.58. The number of carbonyl (C=O) groups excluding carboxylic acids is 1. The van der Waals surface area contributed by atoms with Crippen LogP contribution in [0.25, 0.3) is 0 Å².